The van der Waals surface area contributed by atoms with E-state index in [-0.39, 0.29) is 5.91 Å². The molecule has 6 heteroatoms. The standard InChI is InChI=1S/C22H24N4O2/c1-26(18-12-7-4-8-13-18)22(27)19-16-20(23-14-9-15-28-2)25-21(24-19)17-10-5-3-6-11-17/h3-8,10-13,16H,9,14-15H2,1-2H3,(H,23,24,25). The molecule has 3 aromatic rings. The summed E-state index contributed by atoms with van der Waals surface area (Å²) < 4.78 is 5.08. The van der Waals surface area contributed by atoms with Gasteiger partial charge in [-0.1, -0.05) is 48.5 Å². The number of nitrogens with one attached hydrogen (secondary N) is 1. The third-order valence-electron chi connectivity index (χ3n) is 4.26. The van der Waals surface area contributed by atoms with Gasteiger partial charge in [-0.25, -0.2) is 9.97 Å². The van der Waals surface area contributed by atoms with Crippen LogP contribution in [0, 0.1) is 0 Å². The zero-order valence-electron chi connectivity index (χ0n) is 16.1. The summed E-state index contributed by atoms with van der Waals surface area (Å²) in [5, 5.41) is 3.26. The van der Waals surface area contributed by atoms with Crippen LogP contribution in [0.15, 0.2) is 66.7 Å². The van der Waals surface area contributed by atoms with Gasteiger partial charge >= 0.3 is 0 Å². The van der Waals surface area contributed by atoms with Crippen molar-refractivity contribution in [2.24, 2.45) is 0 Å². The molecule has 0 fully saturated rings. The number of aromatic nitrogens is 2. The second-order valence-corrected chi connectivity index (χ2v) is 6.30. The van der Waals surface area contributed by atoms with E-state index in [2.05, 4.69) is 15.3 Å². The summed E-state index contributed by atoms with van der Waals surface area (Å²) >= 11 is 0. The third-order valence-corrected chi connectivity index (χ3v) is 4.26. The van der Waals surface area contributed by atoms with Gasteiger partial charge in [0.25, 0.3) is 5.91 Å². The van der Waals surface area contributed by atoms with Gasteiger partial charge in [0.15, 0.2) is 5.82 Å². The fraction of sp³-hybridized carbons (Fsp3) is 0.227. The Morgan fingerprint density at radius 3 is 2.39 bits per heavy atom. The van der Waals surface area contributed by atoms with Gasteiger partial charge in [0.2, 0.25) is 0 Å². The molecule has 2 aromatic carbocycles. The first-order valence-electron chi connectivity index (χ1n) is 9.19. The van der Waals surface area contributed by atoms with E-state index in [1.807, 2.05) is 60.7 Å². The van der Waals surface area contributed by atoms with Crippen LogP contribution in [0.1, 0.15) is 16.9 Å². The smallest absolute Gasteiger partial charge is 0.276 e. The fourth-order valence-electron chi connectivity index (χ4n) is 2.74. The molecular weight excluding hydrogens is 352 g/mol. The lowest BCUT2D eigenvalue weighted by Crippen LogP contribution is -2.27. The molecule has 3 rings (SSSR count). The van der Waals surface area contributed by atoms with Crippen LogP contribution in [0.3, 0.4) is 0 Å². The number of nitrogens with zero attached hydrogens (tertiary/aromatic N) is 3. The zero-order valence-corrected chi connectivity index (χ0v) is 16.1. The molecule has 0 aliphatic carbocycles. The summed E-state index contributed by atoms with van der Waals surface area (Å²) in [6, 6.07) is 20.8. The fourth-order valence-corrected chi connectivity index (χ4v) is 2.74. The number of amides is 1. The highest BCUT2D eigenvalue weighted by atomic mass is 16.5. The van der Waals surface area contributed by atoms with E-state index in [1.54, 1.807) is 25.1 Å². The number of methoxy groups -OCH3 is 1. The van der Waals surface area contributed by atoms with Crippen molar-refractivity contribution in [3.05, 3.63) is 72.4 Å². The third kappa shape index (κ3) is 4.92. The summed E-state index contributed by atoms with van der Waals surface area (Å²) in [5.41, 5.74) is 2.01. The molecule has 1 aromatic heterocycles. The molecule has 0 radical (unpaired) electrons. The average molecular weight is 376 g/mol. The molecule has 0 aliphatic rings. The van der Waals surface area contributed by atoms with Crippen LogP contribution in [0.5, 0.6) is 0 Å². The lowest BCUT2D eigenvalue weighted by atomic mass is 10.2. The van der Waals surface area contributed by atoms with E-state index >= 15 is 0 Å². The van der Waals surface area contributed by atoms with Crippen LogP contribution in [0.25, 0.3) is 11.4 Å². The summed E-state index contributed by atoms with van der Waals surface area (Å²) in [5.74, 6) is 0.947. The summed E-state index contributed by atoms with van der Waals surface area (Å²) in [7, 11) is 3.42. The van der Waals surface area contributed by atoms with Crippen molar-refractivity contribution in [1.82, 2.24) is 9.97 Å². The number of hydrogen-bond donors (Lipinski definition) is 1. The molecule has 1 amide bonds. The Kier molecular flexibility index (Phi) is 6.70. The average Bonchev–Trinajstić information content (AvgIpc) is 2.76. The van der Waals surface area contributed by atoms with Crippen LogP contribution in [-0.4, -0.2) is 43.2 Å². The largest absolute Gasteiger partial charge is 0.385 e. The van der Waals surface area contributed by atoms with Crippen molar-refractivity contribution >= 4 is 17.4 Å². The van der Waals surface area contributed by atoms with Gasteiger partial charge in [0.05, 0.1) is 0 Å². The number of benzene rings is 2. The summed E-state index contributed by atoms with van der Waals surface area (Å²) in [6.07, 6.45) is 0.842. The Balaban J connectivity index is 1.91. The number of carbonyl (C=O) groups is 1. The van der Waals surface area contributed by atoms with Gasteiger partial charge < -0.3 is 15.0 Å². The second kappa shape index (κ2) is 9.62. The monoisotopic (exact) mass is 376 g/mol. The maximum absolute atomic E-state index is 13.0. The van der Waals surface area contributed by atoms with Gasteiger partial charge in [-0.3, -0.25) is 4.79 Å². The summed E-state index contributed by atoms with van der Waals surface area (Å²) in [4.78, 5) is 23.7. The van der Waals surface area contributed by atoms with Crippen molar-refractivity contribution in [3.8, 4) is 11.4 Å². The molecule has 0 atom stereocenters. The lowest BCUT2D eigenvalue weighted by Gasteiger charge is -2.18. The number of anilines is 2. The number of ether oxygens (including phenoxy) is 1. The van der Waals surface area contributed by atoms with E-state index < -0.39 is 0 Å². The molecule has 0 unspecified atom stereocenters. The highest BCUT2D eigenvalue weighted by molar-refractivity contribution is 6.05. The zero-order chi connectivity index (χ0) is 19.8. The van der Waals surface area contributed by atoms with Gasteiger partial charge in [-0.15, -0.1) is 0 Å². The first kappa shape index (κ1) is 19.5. The molecule has 0 aliphatic heterocycles. The highest BCUT2D eigenvalue weighted by Crippen LogP contribution is 2.20. The van der Waals surface area contributed by atoms with Crippen LogP contribution in [0.4, 0.5) is 11.5 Å². The minimum atomic E-state index is -0.189. The maximum atomic E-state index is 13.0. The Hall–Kier alpha value is -3.25. The van der Waals surface area contributed by atoms with Gasteiger partial charge in [-0.2, -0.15) is 0 Å². The Morgan fingerprint density at radius 2 is 1.71 bits per heavy atom. The van der Waals surface area contributed by atoms with Crippen LogP contribution in [0.2, 0.25) is 0 Å². The molecule has 0 spiro atoms. The number of para-hydroxylation sites is 1. The van der Waals surface area contributed by atoms with Crippen LogP contribution < -0.4 is 10.2 Å². The molecule has 0 saturated heterocycles. The van der Waals surface area contributed by atoms with Gasteiger partial charge in [-0.05, 0) is 18.6 Å². The molecule has 1 heterocycles. The minimum Gasteiger partial charge on any atom is -0.385 e. The molecule has 6 nitrogen and oxygen atoms in total. The molecule has 0 saturated carbocycles. The topological polar surface area (TPSA) is 67.3 Å². The van der Waals surface area contributed by atoms with E-state index in [0.717, 1.165) is 17.7 Å². The number of carbonyl (C=O) groups excluding carboxylic acids is 1. The molecule has 28 heavy (non-hydrogen) atoms. The Labute approximate surface area is 165 Å². The minimum absolute atomic E-state index is 0.189. The first-order chi connectivity index (χ1) is 13.7. The van der Waals surface area contributed by atoms with E-state index in [9.17, 15) is 4.79 Å². The van der Waals surface area contributed by atoms with Crippen molar-refractivity contribution in [3.63, 3.8) is 0 Å². The van der Waals surface area contributed by atoms with Gasteiger partial charge in [0, 0.05) is 44.6 Å². The van der Waals surface area contributed by atoms with E-state index in [4.69, 9.17) is 4.74 Å². The summed E-state index contributed by atoms with van der Waals surface area (Å²) in [6.45, 7) is 1.35. The van der Waals surface area contributed by atoms with E-state index in [1.165, 1.54) is 0 Å². The number of rotatable bonds is 8. The number of hydrogen-bond acceptors (Lipinski definition) is 5. The molecular formula is C22H24N4O2. The normalized spacial score (nSPS) is 10.5. The van der Waals surface area contributed by atoms with Crippen molar-refractivity contribution in [2.45, 2.75) is 6.42 Å². The molecule has 1 N–H and O–H groups in total. The predicted octanol–water partition coefficient (Wildman–Crippen LogP) is 3.87. The lowest BCUT2D eigenvalue weighted by molar-refractivity contribution is 0.0988. The SMILES string of the molecule is COCCCNc1cc(C(=O)N(C)c2ccccc2)nc(-c2ccccc2)n1. The maximum Gasteiger partial charge on any atom is 0.276 e. The molecule has 0 bridgehead atoms. The highest BCUT2D eigenvalue weighted by Gasteiger charge is 2.18. The Bertz CT molecular complexity index is 901. The van der Waals surface area contributed by atoms with Crippen LogP contribution >= 0.6 is 0 Å². The quantitative estimate of drug-likeness (QED) is 0.605. The molecule has 144 valence electrons. The van der Waals surface area contributed by atoms with Crippen LogP contribution in [-0.2, 0) is 4.74 Å². The van der Waals surface area contributed by atoms with Crippen molar-refractivity contribution < 1.29 is 9.53 Å². The second-order valence-electron chi connectivity index (χ2n) is 6.30. The first-order valence-corrected chi connectivity index (χ1v) is 9.19. The van der Waals surface area contributed by atoms with Gasteiger partial charge in [0.1, 0.15) is 11.5 Å². The van der Waals surface area contributed by atoms with Crippen molar-refractivity contribution in [2.75, 3.05) is 37.5 Å². The Morgan fingerprint density at radius 1 is 1.04 bits per heavy atom. The predicted molar refractivity (Wildman–Crippen MR) is 112 cm³/mol. The van der Waals surface area contributed by atoms with E-state index in [0.29, 0.717) is 30.5 Å². The van der Waals surface area contributed by atoms with Crippen molar-refractivity contribution in [1.29, 1.82) is 0 Å².